The summed E-state index contributed by atoms with van der Waals surface area (Å²) >= 11 is 6.03. The van der Waals surface area contributed by atoms with Crippen LogP contribution in [0.1, 0.15) is 12.8 Å². The molecule has 1 aromatic carbocycles. The van der Waals surface area contributed by atoms with Crippen LogP contribution < -0.4 is 10.6 Å². The van der Waals surface area contributed by atoms with Crippen LogP contribution in [0.3, 0.4) is 0 Å². The molecular weight excluding hydrogens is 200 g/mol. The van der Waals surface area contributed by atoms with E-state index >= 15 is 0 Å². The SMILES string of the molecule is O=C1Nc2cccc(Cl)c2NC12CC2. The van der Waals surface area contributed by atoms with Gasteiger partial charge in [0.1, 0.15) is 5.54 Å². The summed E-state index contributed by atoms with van der Waals surface area (Å²) in [7, 11) is 0. The summed E-state index contributed by atoms with van der Waals surface area (Å²) in [5.74, 6) is 0.0623. The molecule has 72 valence electrons. The lowest BCUT2D eigenvalue weighted by molar-refractivity contribution is -0.117. The molecule has 3 rings (SSSR count). The van der Waals surface area contributed by atoms with Gasteiger partial charge in [0.05, 0.1) is 16.4 Å². The number of hydrogen-bond acceptors (Lipinski definition) is 2. The Labute approximate surface area is 86.4 Å². The second-order valence-electron chi connectivity index (χ2n) is 3.82. The molecule has 1 saturated carbocycles. The number of carbonyl (C=O) groups excluding carboxylic acids is 1. The van der Waals surface area contributed by atoms with Gasteiger partial charge in [0.15, 0.2) is 0 Å². The van der Waals surface area contributed by atoms with Crippen LogP contribution >= 0.6 is 11.6 Å². The van der Waals surface area contributed by atoms with E-state index in [0.29, 0.717) is 5.02 Å². The number of carbonyl (C=O) groups is 1. The van der Waals surface area contributed by atoms with E-state index in [-0.39, 0.29) is 11.4 Å². The minimum absolute atomic E-state index is 0.0623. The molecule has 1 aliphatic carbocycles. The maximum Gasteiger partial charge on any atom is 0.250 e. The number of para-hydroxylation sites is 1. The van der Waals surface area contributed by atoms with Crippen LogP contribution in [0.2, 0.25) is 5.02 Å². The molecule has 0 atom stereocenters. The van der Waals surface area contributed by atoms with Crippen molar-refractivity contribution in [3.63, 3.8) is 0 Å². The molecule has 1 aromatic rings. The van der Waals surface area contributed by atoms with E-state index in [0.717, 1.165) is 24.2 Å². The van der Waals surface area contributed by atoms with Crippen LogP contribution in [0.15, 0.2) is 18.2 Å². The molecule has 1 aliphatic heterocycles. The fraction of sp³-hybridized carbons (Fsp3) is 0.300. The predicted molar refractivity (Wildman–Crippen MR) is 55.7 cm³/mol. The van der Waals surface area contributed by atoms with Gasteiger partial charge < -0.3 is 10.6 Å². The fourth-order valence-electron chi connectivity index (χ4n) is 1.77. The number of benzene rings is 1. The second-order valence-corrected chi connectivity index (χ2v) is 4.23. The van der Waals surface area contributed by atoms with E-state index in [2.05, 4.69) is 10.6 Å². The molecule has 3 nitrogen and oxygen atoms in total. The molecule has 2 N–H and O–H groups in total. The topological polar surface area (TPSA) is 41.1 Å². The number of fused-ring (bicyclic) bond motifs is 1. The molecule has 1 heterocycles. The van der Waals surface area contributed by atoms with E-state index in [1.807, 2.05) is 18.2 Å². The van der Waals surface area contributed by atoms with Crippen LogP contribution in [-0.4, -0.2) is 11.4 Å². The van der Waals surface area contributed by atoms with Crippen molar-refractivity contribution in [1.29, 1.82) is 0 Å². The molecule has 14 heavy (non-hydrogen) atoms. The van der Waals surface area contributed by atoms with Crippen molar-refractivity contribution in [3.05, 3.63) is 23.2 Å². The highest BCUT2D eigenvalue weighted by Gasteiger charge is 2.52. The summed E-state index contributed by atoms with van der Waals surface area (Å²) in [5, 5.41) is 6.75. The van der Waals surface area contributed by atoms with E-state index < -0.39 is 0 Å². The Kier molecular flexibility index (Phi) is 1.40. The summed E-state index contributed by atoms with van der Waals surface area (Å²) < 4.78 is 0. The average Bonchev–Trinajstić information content (AvgIpc) is 2.91. The quantitative estimate of drug-likeness (QED) is 0.687. The molecule has 1 spiro atoms. The van der Waals surface area contributed by atoms with Gasteiger partial charge in [-0.3, -0.25) is 4.79 Å². The Morgan fingerprint density at radius 1 is 1.36 bits per heavy atom. The van der Waals surface area contributed by atoms with Crippen LogP contribution in [0.4, 0.5) is 11.4 Å². The van der Waals surface area contributed by atoms with Gasteiger partial charge >= 0.3 is 0 Å². The molecule has 0 aromatic heterocycles. The molecule has 1 fully saturated rings. The monoisotopic (exact) mass is 208 g/mol. The minimum Gasteiger partial charge on any atom is -0.368 e. The third-order valence-corrected chi connectivity index (χ3v) is 3.13. The number of rotatable bonds is 0. The number of anilines is 2. The summed E-state index contributed by atoms with van der Waals surface area (Å²) in [5.41, 5.74) is 1.27. The summed E-state index contributed by atoms with van der Waals surface area (Å²) in [6.07, 6.45) is 1.78. The molecular formula is C10H9ClN2O. The van der Waals surface area contributed by atoms with Gasteiger partial charge in [-0.1, -0.05) is 17.7 Å². The van der Waals surface area contributed by atoms with Crippen molar-refractivity contribution in [2.24, 2.45) is 0 Å². The number of nitrogens with one attached hydrogen (secondary N) is 2. The first-order chi connectivity index (χ1) is 6.71. The Morgan fingerprint density at radius 3 is 2.86 bits per heavy atom. The van der Waals surface area contributed by atoms with Crippen LogP contribution in [0.5, 0.6) is 0 Å². The zero-order chi connectivity index (χ0) is 9.76. The zero-order valence-corrected chi connectivity index (χ0v) is 8.19. The van der Waals surface area contributed by atoms with Gasteiger partial charge in [0.2, 0.25) is 5.91 Å². The van der Waals surface area contributed by atoms with E-state index in [9.17, 15) is 4.79 Å². The van der Waals surface area contributed by atoms with Crippen LogP contribution in [0.25, 0.3) is 0 Å². The third kappa shape index (κ3) is 0.960. The number of halogens is 1. The molecule has 1 amide bonds. The molecule has 2 aliphatic rings. The van der Waals surface area contributed by atoms with Crippen molar-refractivity contribution < 1.29 is 4.79 Å². The molecule has 0 saturated heterocycles. The van der Waals surface area contributed by atoms with Crippen molar-refractivity contribution >= 4 is 28.9 Å². The molecule has 0 radical (unpaired) electrons. The number of amides is 1. The first-order valence-corrected chi connectivity index (χ1v) is 4.97. The van der Waals surface area contributed by atoms with E-state index in [4.69, 9.17) is 11.6 Å². The van der Waals surface area contributed by atoms with Gasteiger partial charge in [-0.15, -0.1) is 0 Å². The lowest BCUT2D eigenvalue weighted by atomic mass is 10.1. The van der Waals surface area contributed by atoms with Gasteiger partial charge in [-0.2, -0.15) is 0 Å². The van der Waals surface area contributed by atoms with Crippen molar-refractivity contribution in [2.75, 3.05) is 10.6 Å². The van der Waals surface area contributed by atoms with E-state index in [1.165, 1.54) is 0 Å². The van der Waals surface area contributed by atoms with Gasteiger partial charge in [-0.05, 0) is 25.0 Å². The highest BCUT2D eigenvalue weighted by molar-refractivity contribution is 6.34. The predicted octanol–water partition coefficient (Wildman–Crippen LogP) is 2.24. The first-order valence-electron chi connectivity index (χ1n) is 4.59. The number of hydrogen-bond donors (Lipinski definition) is 2. The maximum absolute atomic E-state index is 11.6. The van der Waals surface area contributed by atoms with Crippen LogP contribution in [0, 0.1) is 0 Å². The largest absolute Gasteiger partial charge is 0.368 e. The van der Waals surface area contributed by atoms with Crippen molar-refractivity contribution in [2.45, 2.75) is 18.4 Å². The van der Waals surface area contributed by atoms with Crippen molar-refractivity contribution in [1.82, 2.24) is 0 Å². The Balaban J connectivity index is 2.11. The standard InChI is InChI=1S/C10H9ClN2O/c11-6-2-1-3-7-8(6)13-10(4-5-10)9(14)12-7/h1-3,13H,4-5H2,(H,12,14). The highest BCUT2D eigenvalue weighted by Crippen LogP contribution is 2.46. The smallest absolute Gasteiger partial charge is 0.250 e. The lowest BCUT2D eigenvalue weighted by Crippen LogP contribution is -2.41. The summed E-state index contributed by atoms with van der Waals surface area (Å²) in [6.45, 7) is 0. The summed E-state index contributed by atoms with van der Waals surface area (Å²) in [6, 6.07) is 5.50. The Hall–Kier alpha value is -1.22. The average molecular weight is 209 g/mol. The fourth-order valence-corrected chi connectivity index (χ4v) is 1.99. The third-order valence-electron chi connectivity index (χ3n) is 2.81. The normalized spacial score (nSPS) is 21.1. The van der Waals surface area contributed by atoms with Crippen LogP contribution in [-0.2, 0) is 4.79 Å². The zero-order valence-electron chi connectivity index (χ0n) is 7.43. The van der Waals surface area contributed by atoms with E-state index in [1.54, 1.807) is 0 Å². The van der Waals surface area contributed by atoms with Gasteiger partial charge in [0.25, 0.3) is 0 Å². The lowest BCUT2D eigenvalue weighted by Gasteiger charge is -2.27. The second kappa shape index (κ2) is 2.42. The van der Waals surface area contributed by atoms with Gasteiger partial charge in [0, 0.05) is 0 Å². The maximum atomic E-state index is 11.6. The molecule has 0 unspecified atom stereocenters. The highest BCUT2D eigenvalue weighted by atomic mass is 35.5. The van der Waals surface area contributed by atoms with Gasteiger partial charge in [-0.25, -0.2) is 0 Å². The molecule has 4 heteroatoms. The Bertz CT molecular complexity index is 426. The minimum atomic E-state index is -0.363. The Morgan fingerprint density at radius 2 is 2.14 bits per heavy atom. The van der Waals surface area contributed by atoms with Crippen molar-refractivity contribution in [3.8, 4) is 0 Å². The summed E-state index contributed by atoms with van der Waals surface area (Å²) in [4.78, 5) is 11.6. The molecule has 0 bridgehead atoms. The first kappa shape index (κ1) is 8.12.